The summed E-state index contributed by atoms with van der Waals surface area (Å²) < 4.78 is 26.0. The third-order valence-corrected chi connectivity index (χ3v) is 6.18. The largest absolute Gasteiger partial charge is 0.493 e. The summed E-state index contributed by atoms with van der Waals surface area (Å²) in [6.45, 7) is 0. The van der Waals surface area contributed by atoms with Gasteiger partial charge in [0.2, 0.25) is 5.91 Å². The standard InChI is InChI=1S/C25H21ClFN3O3S/c1-32-22-11-10-16(12-23(22)33-2)20-14-30(21-9-4-3-8-19(21)26)25(29-20)34-15-24(31)28-18-7-5-6-17(27)13-18/h3-14H,15H2,1-2H3,(H,28,31). The predicted octanol–water partition coefficient (Wildman–Crippen LogP) is 6.08. The molecule has 1 amide bonds. The van der Waals surface area contributed by atoms with Crippen LogP contribution in [0.1, 0.15) is 0 Å². The van der Waals surface area contributed by atoms with Gasteiger partial charge in [-0.15, -0.1) is 0 Å². The Balaban J connectivity index is 1.63. The molecule has 4 rings (SSSR count). The van der Waals surface area contributed by atoms with E-state index in [-0.39, 0.29) is 11.7 Å². The van der Waals surface area contributed by atoms with Crippen molar-refractivity contribution >= 4 is 35.0 Å². The average molecular weight is 498 g/mol. The minimum Gasteiger partial charge on any atom is -0.493 e. The number of methoxy groups -OCH3 is 2. The van der Waals surface area contributed by atoms with Crippen LogP contribution in [0.2, 0.25) is 5.02 Å². The lowest BCUT2D eigenvalue weighted by atomic mass is 10.1. The number of nitrogens with zero attached hydrogens (tertiary/aromatic N) is 2. The number of hydrogen-bond donors (Lipinski definition) is 1. The zero-order valence-corrected chi connectivity index (χ0v) is 20.0. The third kappa shape index (κ3) is 5.35. The first-order valence-electron chi connectivity index (χ1n) is 10.2. The Bertz CT molecular complexity index is 1330. The van der Waals surface area contributed by atoms with Crippen molar-refractivity contribution in [3.63, 3.8) is 0 Å². The van der Waals surface area contributed by atoms with Gasteiger partial charge in [-0.05, 0) is 48.5 Å². The van der Waals surface area contributed by atoms with Gasteiger partial charge in [-0.2, -0.15) is 0 Å². The van der Waals surface area contributed by atoms with Gasteiger partial charge < -0.3 is 14.8 Å². The molecule has 1 aromatic heterocycles. The number of halogens is 2. The van der Waals surface area contributed by atoms with Gasteiger partial charge in [-0.1, -0.05) is 41.6 Å². The van der Waals surface area contributed by atoms with Crippen LogP contribution in [0.3, 0.4) is 0 Å². The zero-order chi connectivity index (χ0) is 24.1. The summed E-state index contributed by atoms with van der Waals surface area (Å²) in [5.74, 6) is 0.566. The van der Waals surface area contributed by atoms with Crippen LogP contribution in [0.4, 0.5) is 10.1 Å². The molecule has 34 heavy (non-hydrogen) atoms. The van der Waals surface area contributed by atoms with E-state index < -0.39 is 5.82 Å². The van der Waals surface area contributed by atoms with E-state index in [1.165, 1.54) is 30.0 Å². The molecular formula is C25H21ClFN3O3S. The third-order valence-electron chi connectivity index (χ3n) is 4.91. The Morgan fingerprint density at radius 1 is 1.06 bits per heavy atom. The van der Waals surface area contributed by atoms with E-state index in [4.69, 9.17) is 26.1 Å². The van der Waals surface area contributed by atoms with E-state index in [1.807, 2.05) is 47.2 Å². The summed E-state index contributed by atoms with van der Waals surface area (Å²) in [6, 6.07) is 18.7. The summed E-state index contributed by atoms with van der Waals surface area (Å²) in [5.41, 5.74) is 2.62. The SMILES string of the molecule is COc1ccc(-c2cn(-c3ccccc3Cl)c(SCC(=O)Nc3cccc(F)c3)n2)cc1OC. The van der Waals surface area contributed by atoms with Crippen molar-refractivity contribution in [3.05, 3.63) is 83.8 Å². The first-order chi connectivity index (χ1) is 16.5. The normalized spacial score (nSPS) is 10.7. The molecule has 0 saturated heterocycles. The fourth-order valence-corrected chi connectivity index (χ4v) is 4.33. The molecule has 0 spiro atoms. The molecule has 174 valence electrons. The van der Waals surface area contributed by atoms with Crippen molar-refractivity contribution in [1.29, 1.82) is 0 Å². The van der Waals surface area contributed by atoms with E-state index >= 15 is 0 Å². The second kappa shape index (κ2) is 10.6. The van der Waals surface area contributed by atoms with Crippen molar-refractivity contribution in [1.82, 2.24) is 9.55 Å². The van der Waals surface area contributed by atoms with Crippen LogP contribution in [-0.4, -0.2) is 35.4 Å². The van der Waals surface area contributed by atoms with E-state index in [2.05, 4.69) is 5.32 Å². The molecule has 0 fully saturated rings. The second-order valence-corrected chi connectivity index (χ2v) is 8.50. The fraction of sp³-hybridized carbons (Fsp3) is 0.120. The van der Waals surface area contributed by atoms with Crippen molar-refractivity contribution in [2.75, 3.05) is 25.3 Å². The van der Waals surface area contributed by atoms with Gasteiger partial charge in [0.1, 0.15) is 5.82 Å². The first-order valence-corrected chi connectivity index (χ1v) is 11.6. The Kier molecular flexibility index (Phi) is 7.40. The first kappa shape index (κ1) is 23.7. The number of carbonyl (C=O) groups is 1. The highest BCUT2D eigenvalue weighted by molar-refractivity contribution is 7.99. The number of amides is 1. The van der Waals surface area contributed by atoms with Crippen LogP contribution in [0, 0.1) is 5.82 Å². The molecule has 0 aliphatic heterocycles. The van der Waals surface area contributed by atoms with Gasteiger partial charge >= 0.3 is 0 Å². The van der Waals surface area contributed by atoms with Crippen LogP contribution in [0.5, 0.6) is 11.5 Å². The number of anilines is 1. The van der Waals surface area contributed by atoms with Gasteiger partial charge in [-0.3, -0.25) is 9.36 Å². The Labute approximate surface area is 205 Å². The van der Waals surface area contributed by atoms with Gasteiger partial charge in [0.25, 0.3) is 0 Å². The van der Waals surface area contributed by atoms with E-state index in [0.29, 0.717) is 33.1 Å². The van der Waals surface area contributed by atoms with E-state index in [0.717, 1.165) is 11.3 Å². The molecule has 0 aliphatic rings. The van der Waals surface area contributed by atoms with Gasteiger partial charge in [-0.25, -0.2) is 9.37 Å². The molecule has 0 unspecified atom stereocenters. The molecule has 6 nitrogen and oxygen atoms in total. The smallest absolute Gasteiger partial charge is 0.234 e. The van der Waals surface area contributed by atoms with Gasteiger partial charge in [0.05, 0.1) is 36.4 Å². The molecule has 1 N–H and O–H groups in total. The highest BCUT2D eigenvalue weighted by atomic mass is 35.5. The Hall–Kier alpha value is -3.49. The number of benzene rings is 3. The monoisotopic (exact) mass is 497 g/mol. The quantitative estimate of drug-likeness (QED) is 0.299. The lowest BCUT2D eigenvalue weighted by molar-refractivity contribution is -0.113. The highest BCUT2D eigenvalue weighted by Crippen LogP contribution is 2.34. The Morgan fingerprint density at radius 3 is 2.59 bits per heavy atom. The van der Waals surface area contributed by atoms with Gasteiger partial charge in [0.15, 0.2) is 16.7 Å². The van der Waals surface area contributed by atoms with Crippen LogP contribution in [-0.2, 0) is 4.79 Å². The molecule has 4 aromatic rings. The summed E-state index contributed by atoms with van der Waals surface area (Å²) in [4.78, 5) is 17.2. The van der Waals surface area contributed by atoms with Crippen LogP contribution < -0.4 is 14.8 Å². The number of hydrogen-bond acceptors (Lipinski definition) is 5. The Morgan fingerprint density at radius 2 is 1.85 bits per heavy atom. The second-order valence-electron chi connectivity index (χ2n) is 7.15. The van der Waals surface area contributed by atoms with Crippen molar-refractivity contribution < 1.29 is 18.7 Å². The number of para-hydroxylation sites is 1. The molecule has 0 radical (unpaired) electrons. The number of imidazole rings is 1. The topological polar surface area (TPSA) is 65.4 Å². The van der Waals surface area contributed by atoms with Crippen LogP contribution >= 0.6 is 23.4 Å². The maximum atomic E-state index is 13.4. The number of aromatic nitrogens is 2. The van der Waals surface area contributed by atoms with Crippen LogP contribution in [0.25, 0.3) is 16.9 Å². The minimum atomic E-state index is -0.417. The number of ether oxygens (including phenoxy) is 2. The molecule has 0 aliphatic carbocycles. The number of rotatable bonds is 8. The maximum absolute atomic E-state index is 13.4. The lowest BCUT2D eigenvalue weighted by Crippen LogP contribution is -2.14. The average Bonchev–Trinajstić information content (AvgIpc) is 3.26. The van der Waals surface area contributed by atoms with Crippen molar-refractivity contribution in [3.8, 4) is 28.4 Å². The van der Waals surface area contributed by atoms with E-state index in [1.54, 1.807) is 26.4 Å². The van der Waals surface area contributed by atoms with Gasteiger partial charge in [0, 0.05) is 17.4 Å². The highest BCUT2D eigenvalue weighted by Gasteiger charge is 2.17. The minimum absolute atomic E-state index is 0.0728. The molecule has 1 heterocycles. The summed E-state index contributed by atoms with van der Waals surface area (Å²) >= 11 is 7.70. The summed E-state index contributed by atoms with van der Waals surface area (Å²) in [7, 11) is 3.15. The zero-order valence-electron chi connectivity index (χ0n) is 18.4. The number of carbonyl (C=O) groups excluding carboxylic acids is 1. The molecule has 3 aromatic carbocycles. The fourth-order valence-electron chi connectivity index (χ4n) is 3.31. The molecule has 0 atom stereocenters. The number of thioether (sulfide) groups is 1. The van der Waals surface area contributed by atoms with Crippen molar-refractivity contribution in [2.45, 2.75) is 5.16 Å². The molecule has 0 saturated carbocycles. The van der Waals surface area contributed by atoms with Crippen molar-refractivity contribution in [2.24, 2.45) is 0 Å². The summed E-state index contributed by atoms with van der Waals surface area (Å²) in [5, 5.41) is 3.82. The molecular weight excluding hydrogens is 477 g/mol. The number of nitrogens with one attached hydrogen (secondary N) is 1. The predicted molar refractivity (Wildman–Crippen MR) is 133 cm³/mol. The lowest BCUT2D eigenvalue weighted by Gasteiger charge is -2.09. The maximum Gasteiger partial charge on any atom is 0.234 e. The molecule has 9 heteroatoms. The van der Waals surface area contributed by atoms with Crippen LogP contribution in [0.15, 0.2) is 78.1 Å². The molecule has 0 bridgehead atoms. The summed E-state index contributed by atoms with van der Waals surface area (Å²) in [6.07, 6.45) is 1.86. The van der Waals surface area contributed by atoms with E-state index in [9.17, 15) is 9.18 Å².